The molecule has 0 aliphatic rings. The summed E-state index contributed by atoms with van der Waals surface area (Å²) in [7, 11) is 1.65. The van der Waals surface area contributed by atoms with Gasteiger partial charge in [-0.15, -0.1) is 11.8 Å². The molecular formula is C13H17N3OS. The van der Waals surface area contributed by atoms with Crippen LogP contribution in [0.1, 0.15) is 13.3 Å². The van der Waals surface area contributed by atoms with Crippen LogP contribution < -0.4 is 10.5 Å². The van der Waals surface area contributed by atoms with Gasteiger partial charge in [0.2, 0.25) is 0 Å². The van der Waals surface area contributed by atoms with Crippen LogP contribution in [-0.4, -0.2) is 22.6 Å². The largest absolute Gasteiger partial charge is 0.497 e. The van der Waals surface area contributed by atoms with Gasteiger partial charge < -0.3 is 10.5 Å². The molecule has 2 aromatic rings. The second kappa shape index (κ2) is 5.82. The number of methoxy groups -OCH3 is 1. The fraction of sp³-hybridized carbons (Fsp3) is 0.308. The number of ether oxygens (including phenoxy) is 1. The second-order valence-corrected chi connectivity index (χ2v) is 4.98. The van der Waals surface area contributed by atoms with Gasteiger partial charge in [0.25, 0.3) is 0 Å². The monoisotopic (exact) mass is 263 g/mol. The first-order chi connectivity index (χ1) is 8.74. The van der Waals surface area contributed by atoms with Crippen molar-refractivity contribution >= 4 is 17.6 Å². The smallest absolute Gasteiger partial charge is 0.128 e. The van der Waals surface area contributed by atoms with Crippen LogP contribution in [0.15, 0.2) is 35.4 Å². The molecule has 4 nitrogen and oxygen atoms in total. The number of hydrogen-bond donors (Lipinski definition) is 1. The minimum absolute atomic E-state index is 0.652. The van der Waals surface area contributed by atoms with Crippen molar-refractivity contribution in [3.63, 3.8) is 0 Å². The van der Waals surface area contributed by atoms with Gasteiger partial charge in [-0.3, -0.25) is 0 Å². The molecule has 0 saturated carbocycles. The highest BCUT2D eigenvalue weighted by Crippen LogP contribution is 2.23. The van der Waals surface area contributed by atoms with E-state index >= 15 is 0 Å². The average molecular weight is 263 g/mol. The van der Waals surface area contributed by atoms with Gasteiger partial charge in [0, 0.05) is 6.07 Å². The highest BCUT2D eigenvalue weighted by Gasteiger charge is 2.07. The lowest BCUT2D eigenvalue weighted by Gasteiger charge is -2.05. The van der Waals surface area contributed by atoms with E-state index in [0.717, 1.165) is 28.6 Å². The van der Waals surface area contributed by atoms with Gasteiger partial charge in [-0.05, 0) is 36.4 Å². The van der Waals surface area contributed by atoms with Crippen molar-refractivity contribution in [1.29, 1.82) is 0 Å². The van der Waals surface area contributed by atoms with Crippen LogP contribution in [-0.2, 0) is 0 Å². The first-order valence-corrected chi connectivity index (χ1v) is 6.86. The summed E-state index contributed by atoms with van der Waals surface area (Å²) in [5.41, 5.74) is 6.91. The molecule has 0 aliphatic carbocycles. The Kier molecular flexibility index (Phi) is 4.15. The molecule has 1 aromatic heterocycles. The van der Waals surface area contributed by atoms with Crippen LogP contribution in [0.3, 0.4) is 0 Å². The summed E-state index contributed by atoms with van der Waals surface area (Å²) in [6.45, 7) is 2.15. The summed E-state index contributed by atoms with van der Waals surface area (Å²) in [6, 6.07) is 9.59. The zero-order chi connectivity index (χ0) is 13.0. The van der Waals surface area contributed by atoms with Crippen molar-refractivity contribution in [1.82, 2.24) is 9.78 Å². The number of nitrogens with zero attached hydrogens (tertiary/aromatic N) is 2. The van der Waals surface area contributed by atoms with E-state index in [1.165, 1.54) is 0 Å². The Bertz CT molecular complexity index is 507. The van der Waals surface area contributed by atoms with Gasteiger partial charge in [-0.1, -0.05) is 6.92 Å². The average Bonchev–Trinajstić information content (AvgIpc) is 2.78. The van der Waals surface area contributed by atoms with Gasteiger partial charge >= 0.3 is 0 Å². The highest BCUT2D eigenvalue weighted by atomic mass is 32.2. The molecule has 1 heterocycles. The number of benzene rings is 1. The second-order valence-electron chi connectivity index (χ2n) is 3.87. The molecule has 0 fully saturated rings. The van der Waals surface area contributed by atoms with E-state index in [-0.39, 0.29) is 0 Å². The lowest BCUT2D eigenvalue weighted by molar-refractivity contribution is 0.414. The van der Waals surface area contributed by atoms with Crippen LogP contribution >= 0.6 is 11.8 Å². The highest BCUT2D eigenvalue weighted by molar-refractivity contribution is 7.99. The van der Waals surface area contributed by atoms with E-state index in [1.54, 1.807) is 23.6 Å². The lowest BCUT2D eigenvalue weighted by atomic mass is 10.3. The molecule has 5 heteroatoms. The maximum atomic E-state index is 5.97. The Hall–Kier alpha value is -1.62. The first kappa shape index (κ1) is 12.8. The molecule has 0 spiro atoms. The molecule has 0 saturated heterocycles. The molecule has 96 valence electrons. The molecular weight excluding hydrogens is 246 g/mol. The van der Waals surface area contributed by atoms with Crippen LogP contribution in [0.25, 0.3) is 5.69 Å². The van der Waals surface area contributed by atoms with Crippen molar-refractivity contribution in [2.24, 2.45) is 0 Å². The normalized spacial score (nSPS) is 10.6. The third-order valence-corrected chi connectivity index (χ3v) is 3.59. The predicted octanol–water partition coefficient (Wildman–Crippen LogP) is 2.97. The standard InChI is InChI=1S/C13H17N3OS/c1-3-8-18-13-9-12(14)16(15-13)10-4-6-11(17-2)7-5-10/h4-7,9H,3,8,14H2,1-2H3. The topological polar surface area (TPSA) is 53.1 Å². The first-order valence-electron chi connectivity index (χ1n) is 5.87. The molecule has 1 aromatic carbocycles. The zero-order valence-corrected chi connectivity index (χ0v) is 11.4. The summed E-state index contributed by atoms with van der Waals surface area (Å²) in [5, 5.41) is 5.45. The molecule has 0 amide bonds. The Morgan fingerprint density at radius 3 is 2.67 bits per heavy atom. The number of hydrogen-bond acceptors (Lipinski definition) is 4. The summed E-state index contributed by atoms with van der Waals surface area (Å²) in [4.78, 5) is 0. The minimum atomic E-state index is 0.652. The number of anilines is 1. The Balaban J connectivity index is 2.23. The fourth-order valence-electron chi connectivity index (χ4n) is 1.58. The van der Waals surface area contributed by atoms with Gasteiger partial charge in [-0.2, -0.15) is 5.10 Å². The minimum Gasteiger partial charge on any atom is -0.497 e. The maximum absolute atomic E-state index is 5.97. The van der Waals surface area contributed by atoms with Crippen molar-refractivity contribution in [2.45, 2.75) is 18.4 Å². The molecule has 2 rings (SSSR count). The Labute approximate surface area is 111 Å². The molecule has 2 N–H and O–H groups in total. The van der Waals surface area contributed by atoms with Gasteiger partial charge in [0.05, 0.1) is 12.8 Å². The molecule has 0 atom stereocenters. The zero-order valence-electron chi connectivity index (χ0n) is 10.6. The predicted molar refractivity (Wildman–Crippen MR) is 75.5 cm³/mol. The quantitative estimate of drug-likeness (QED) is 0.843. The molecule has 0 bridgehead atoms. The van der Waals surface area contributed by atoms with Gasteiger partial charge in [0.15, 0.2) is 0 Å². The number of nitrogen functional groups attached to an aromatic ring is 1. The summed E-state index contributed by atoms with van der Waals surface area (Å²) < 4.78 is 6.88. The van der Waals surface area contributed by atoms with Crippen molar-refractivity contribution in [3.05, 3.63) is 30.3 Å². The summed E-state index contributed by atoms with van der Waals surface area (Å²) >= 11 is 1.72. The van der Waals surface area contributed by atoms with Crippen molar-refractivity contribution in [3.8, 4) is 11.4 Å². The van der Waals surface area contributed by atoms with E-state index in [1.807, 2.05) is 30.3 Å². The van der Waals surface area contributed by atoms with Crippen LogP contribution in [0.5, 0.6) is 5.75 Å². The number of thioether (sulfide) groups is 1. The lowest BCUT2D eigenvalue weighted by Crippen LogP contribution is -2.01. The van der Waals surface area contributed by atoms with Crippen LogP contribution in [0.2, 0.25) is 0 Å². The van der Waals surface area contributed by atoms with E-state index in [4.69, 9.17) is 10.5 Å². The van der Waals surface area contributed by atoms with E-state index in [9.17, 15) is 0 Å². The Morgan fingerprint density at radius 1 is 1.33 bits per heavy atom. The number of rotatable bonds is 5. The van der Waals surface area contributed by atoms with E-state index in [2.05, 4.69) is 12.0 Å². The van der Waals surface area contributed by atoms with Gasteiger partial charge in [-0.25, -0.2) is 4.68 Å². The SMILES string of the molecule is CCCSc1cc(N)n(-c2ccc(OC)cc2)n1. The number of nitrogens with two attached hydrogens (primary N) is 1. The summed E-state index contributed by atoms with van der Waals surface area (Å²) in [6.07, 6.45) is 1.12. The van der Waals surface area contributed by atoms with E-state index in [0.29, 0.717) is 5.82 Å². The fourth-order valence-corrected chi connectivity index (χ4v) is 2.34. The van der Waals surface area contributed by atoms with Crippen molar-refractivity contribution in [2.75, 3.05) is 18.6 Å². The molecule has 0 unspecified atom stereocenters. The molecule has 0 aliphatic heterocycles. The van der Waals surface area contributed by atoms with Gasteiger partial charge in [0.1, 0.15) is 16.6 Å². The number of aromatic nitrogens is 2. The maximum Gasteiger partial charge on any atom is 0.128 e. The molecule has 0 radical (unpaired) electrons. The van der Waals surface area contributed by atoms with Crippen LogP contribution in [0, 0.1) is 0 Å². The van der Waals surface area contributed by atoms with Crippen molar-refractivity contribution < 1.29 is 4.74 Å². The Morgan fingerprint density at radius 2 is 2.06 bits per heavy atom. The van der Waals surface area contributed by atoms with E-state index < -0.39 is 0 Å². The third kappa shape index (κ3) is 2.79. The third-order valence-electron chi connectivity index (χ3n) is 2.49. The van der Waals surface area contributed by atoms with Crippen LogP contribution in [0.4, 0.5) is 5.82 Å². The summed E-state index contributed by atoms with van der Waals surface area (Å²) in [5.74, 6) is 2.53. The molecule has 18 heavy (non-hydrogen) atoms.